The summed E-state index contributed by atoms with van der Waals surface area (Å²) >= 11 is 6.79. The molecule has 0 saturated heterocycles. The Morgan fingerprint density at radius 1 is 1.30 bits per heavy atom. The van der Waals surface area contributed by atoms with E-state index in [1.165, 1.54) is 17.3 Å². The number of anilines is 1. The number of aryl methyl sites for hydroxylation is 1. The molecule has 3 nitrogen and oxygen atoms in total. The lowest BCUT2D eigenvalue weighted by atomic mass is 10.2. The summed E-state index contributed by atoms with van der Waals surface area (Å²) in [7, 11) is 0. The number of carbonyl (C=O) groups is 1. The fourth-order valence-corrected chi connectivity index (χ4v) is 3.21. The number of amides is 1. The first-order chi connectivity index (χ1) is 9.47. The van der Waals surface area contributed by atoms with Crippen molar-refractivity contribution in [3.8, 4) is 0 Å². The van der Waals surface area contributed by atoms with Gasteiger partial charge in [-0.3, -0.25) is 4.79 Å². The number of carbonyl (C=O) groups excluding carboxylic acids is 1. The second-order valence-electron chi connectivity index (χ2n) is 4.55. The lowest BCUT2D eigenvalue weighted by Gasteiger charge is -2.22. The maximum Gasteiger partial charge on any atom is 0.237 e. The third kappa shape index (κ3) is 5.13. The van der Waals surface area contributed by atoms with Crippen LogP contribution in [0.25, 0.3) is 0 Å². The van der Waals surface area contributed by atoms with Gasteiger partial charge in [0.05, 0.1) is 5.25 Å². The fourth-order valence-electron chi connectivity index (χ4n) is 1.64. The highest BCUT2D eigenvalue weighted by molar-refractivity contribution is 8.23. The van der Waals surface area contributed by atoms with Gasteiger partial charge in [-0.25, -0.2) is 0 Å². The number of hydrogen-bond donors (Lipinski definition) is 1. The number of thioether (sulfide) groups is 1. The molecule has 0 aliphatic carbocycles. The van der Waals surface area contributed by atoms with Crippen LogP contribution >= 0.6 is 24.0 Å². The molecular formula is C15H22N2OS2. The normalized spacial score (nSPS) is 11.8. The quantitative estimate of drug-likeness (QED) is 0.841. The smallest absolute Gasteiger partial charge is 0.237 e. The Morgan fingerprint density at radius 3 is 2.35 bits per heavy atom. The molecule has 0 spiro atoms. The van der Waals surface area contributed by atoms with E-state index in [1.807, 2.05) is 38.1 Å². The Labute approximate surface area is 131 Å². The van der Waals surface area contributed by atoms with Gasteiger partial charge in [-0.15, -0.1) is 0 Å². The van der Waals surface area contributed by atoms with Gasteiger partial charge in [0.2, 0.25) is 5.91 Å². The van der Waals surface area contributed by atoms with E-state index in [-0.39, 0.29) is 11.2 Å². The molecule has 1 amide bonds. The Bertz CT molecular complexity index is 455. The SMILES string of the molecule is CCN(CC)C(=S)S[C@@H](C)C(=O)Nc1ccc(C)cc1. The van der Waals surface area contributed by atoms with E-state index in [9.17, 15) is 4.79 Å². The number of rotatable bonds is 5. The molecule has 0 unspecified atom stereocenters. The Morgan fingerprint density at radius 2 is 1.85 bits per heavy atom. The number of hydrogen-bond acceptors (Lipinski definition) is 3. The van der Waals surface area contributed by atoms with E-state index in [1.54, 1.807) is 0 Å². The summed E-state index contributed by atoms with van der Waals surface area (Å²) in [4.78, 5) is 14.2. The van der Waals surface area contributed by atoms with Crippen molar-refractivity contribution in [2.45, 2.75) is 32.9 Å². The monoisotopic (exact) mass is 310 g/mol. The van der Waals surface area contributed by atoms with Crippen LogP contribution < -0.4 is 5.32 Å². The highest BCUT2D eigenvalue weighted by atomic mass is 32.2. The van der Waals surface area contributed by atoms with Crippen LogP contribution in [-0.2, 0) is 4.79 Å². The predicted octanol–water partition coefficient (Wildman–Crippen LogP) is 3.68. The van der Waals surface area contributed by atoms with E-state index in [0.717, 1.165) is 23.1 Å². The lowest BCUT2D eigenvalue weighted by molar-refractivity contribution is -0.115. The maximum atomic E-state index is 12.1. The second kappa shape index (κ2) is 8.27. The van der Waals surface area contributed by atoms with Crippen LogP contribution in [0, 0.1) is 6.92 Å². The minimum absolute atomic E-state index is 0.0200. The number of nitrogens with zero attached hydrogens (tertiary/aromatic N) is 1. The number of thiocarbonyl (C=S) groups is 1. The second-order valence-corrected chi connectivity index (χ2v) is 6.53. The zero-order valence-corrected chi connectivity index (χ0v) is 14.1. The van der Waals surface area contributed by atoms with Crippen molar-refractivity contribution in [1.82, 2.24) is 4.90 Å². The summed E-state index contributed by atoms with van der Waals surface area (Å²) in [6, 6.07) is 7.78. The Balaban J connectivity index is 2.54. The summed E-state index contributed by atoms with van der Waals surface area (Å²) in [6.07, 6.45) is 0. The maximum absolute atomic E-state index is 12.1. The van der Waals surface area contributed by atoms with Crippen LogP contribution in [-0.4, -0.2) is 33.5 Å². The van der Waals surface area contributed by atoms with E-state index in [2.05, 4.69) is 24.1 Å². The summed E-state index contributed by atoms with van der Waals surface area (Å²) < 4.78 is 0.779. The van der Waals surface area contributed by atoms with Crippen molar-refractivity contribution in [1.29, 1.82) is 0 Å². The largest absolute Gasteiger partial charge is 0.358 e. The molecular weight excluding hydrogens is 288 g/mol. The lowest BCUT2D eigenvalue weighted by Crippen LogP contribution is -2.31. The molecule has 0 bridgehead atoms. The van der Waals surface area contributed by atoms with Crippen molar-refractivity contribution in [3.05, 3.63) is 29.8 Å². The highest BCUT2D eigenvalue weighted by Gasteiger charge is 2.18. The first kappa shape index (κ1) is 17.0. The number of benzene rings is 1. The summed E-state index contributed by atoms with van der Waals surface area (Å²) in [5, 5.41) is 2.71. The first-order valence-electron chi connectivity index (χ1n) is 6.81. The molecule has 0 fully saturated rings. The average molecular weight is 310 g/mol. The standard InChI is InChI=1S/C15H22N2OS2/c1-5-17(6-2)15(19)20-12(4)14(18)16-13-9-7-11(3)8-10-13/h7-10,12H,5-6H2,1-4H3,(H,16,18)/t12-/m0/s1. The third-order valence-corrected chi connectivity index (χ3v) is 4.56. The van der Waals surface area contributed by atoms with Crippen molar-refractivity contribution in [2.75, 3.05) is 18.4 Å². The molecule has 1 aromatic carbocycles. The summed E-state index contributed by atoms with van der Waals surface area (Å²) in [5.41, 5.74) is 2.00. The van der Waals surface area contributed by atoms with E-state index >= 15 is 0 Å². The minimum atomic E-state index is -0.204. The Hall–Kier alpha value is -1.07. The fraction of sp³-hybridized carbons (Fsp3) is 0.467. The zero-order chi connectivity index (χ0) is 15.1. The van der Waals surface area contributed by atoms with Crippen LogP contribution in [0.1, 0.15) is 26.3 Å². The van der Waals surface area contributed by atoms with Crippen LogP contribution in [0.5, 0.6) is 0 Å². The van der Waals surface area contributed by atoms with Crippen molar-refractivity contribution in [2.24, 2.45) is 0 Å². The molecule has 0 aliphatic rings. The molecule has 0 aliphatic heterocycles. The van der Waals surface area contributed by atoms with Gasteiger partial charge in [0.25, 0.3) is 0 Å². The van der Waals surface area contributed by atoms with Gasteiger partial charge in [0, 0.05) is 18.8 Å². The molecule has 0 heterocycles. The van der Waals surface area contributed by atoms with E-state index < -0.39 is 0 Å². The summed E-state index contributed by atoms with van der Waals surface area (Å²) in [6.45, 7) is 9.76. The van der Waals surface area contributed by atoms with Crippen LogP contribution in [0.4, 0.5) is 5.69 Å². The van der Waals surface area contributed by atoms with Crippen LogP contribution in [0.15, 0.2) is 24.3 Å². The van der Waals surface area contributed by atoms with Gasteiger partial charge in [-0.1, -0.05) is 41.7 Å². The molecule has 1 aromatic rings. The van der Waals surface area contributed by atoms with Crippen molar-refractivity contribution in [3.63, 3.8) is 0 Å². The van der Waals surface area contributed by atoms with Gasteiger partial charge >= 0.3 is 0 Å². The average Bonchev–Trinajstić information content (AvgIpc) is 2.42. The van der Waals surface area contributed by atoms with Crippen molar-refractivity contribution >= 4 is 39.9 Å². The molecule has 5 heteroatoms. The van der Waals surface area contributed by atoms with Gasteiger partial charge in [-0.2, -0.15) is 0 Å². The molecule has 110 valence electrons. The topological polar surface area (TPSA) is 32.3 Å². The predicted molar refractivity (Wildman–Crippen MR) is 92.4 cm³/mol. The zero-order valence-electron chi connectivity index (χ0n) is 12.5. The highest BCUT2D eigenvalue weighted by Crippen LogP contribution is 2.18. The number of nitrogens with one attached hydrogen (secondary N) is 1. The summed E-state index contributed by atoms with van der Waals surface area (Å²) in [5.74, 6) is -0.0200. The van der Waals surface area contributed by atoms with Gasteiger partial charge in [-0.05, 0) is 39.8 Å². The molecule has 1 N–H and O–H groups in total. The van der Waals surface area contributed by atoms with Gasteiger partial charge in [0.1, 0.15) is 4.32 Å². The Kier molecular flexibility index (Phi) is 7.02. The van der Waals surface area contributed by atoms with Gasteiger partial charge in [0.15, 0.2) is 0 Å². The van der Waals surface area contributed by atoms with E-state index in [4.69, 9.17) is 12.2 Å². The molecule has 20 heavy (non-hydrogen) atoms. The van der Waals surface area contributed by atoms with Crippen LogP contribution in [0.2, 0.25) is 0 Å². The molecule has 1 rings (SSSR count). The van der Waals surface area contributed by atoms with Gasteiger partial charge < -0.3 is 10.2 Å². The van der Waals surface area contributed by atoms with Crippen LogP contribution in [0.3, 0.4) is 0 Å². The first-order valence-corrected chi connectivity index (χ1v) is 8.09. The molecule has 0 radical (unpaired) electrons. The third-order valence-electron chi connectivity index (χ3n) is 2.99. The van der Waals surface area contributed by atoms with E-state index in [0.29, 0.717) is 0 Å². The van der Waals surface area contributed by atoms with Crippen molar-refractivity contribution < 1.29 is 4.79 Å². The minimum Gasteiger partial charge on any atom is -0.358 e. The molecule has 0 aromatic heterocycles. The molecule has 1 atom stereocenters. The molecule has 0 saturated carbocycles.